The molecule has 7 heteroatoms. The van der Waals surface area contributed by atoms with Crippen LogP contribution in [0, 0.1) is 0 Å². The van der Waals surface area contributed by atoms with Crippen LogP contribution >= 0.6 is 22.6 Å². The molecule has 2 fully saturated rings. The minimum atomic E-state index is -3.41. The van der Waals surface area contributed by atoms with E-state index in [-0.39, 0.29) is 9.89 Å². The molecule has 0 aromatic heterocycles. The molecular formula is C10H15IO5S. The molecule has 4 atom stereocenters. The van der Waals surface area contributed by atoms with Crippen LogP contribution in [0.1, 0.15) is 32.6 Å². The van der Waals surface area contributed by atoms with Gasteiger partial charge in [0, 0.05) is 0 Å². The molecule has 4 unspecified atom stereocenters. The van der Waals surface area contributed by atoms with Crippen LogP contribution in [-0.4, -0.2) is 35.8 Å². The van der Waals surface area contributed by atoms with Crippen molar-refractivity contribution in [1.82, 2.24) is 0 Å². The lowest BCUT2D eigenvalue weighted by molar-refractivity contribution is -0.153. The summed E-state index contributed by atoms with van der Waals surface area (Å²) in [6, 6.07) is 0. The van der Waals surface area contributed by atoms with Crippen LogP contribution in [0.2, 0.25) is 0 Å². The van der Waals surface area contributed by atoms with Crippen LogP contribution < -0.4 is 0 Å². The Labute approximate surface area is 114 Å². The number of carbonyl (C=O) groups is 1. The van der Waals surface area contributed by atoms with Crippen LogP contribution in [0.4, 0.5) is 0 Å². The van der Waals surface area contributed by atoms with E-state index in [9.17, 15) is 13.2 Å². The second-order valence-corrected chi connectivity index (χ2v) is 7.76. The number of carbonyl (C=O) groups excluding carboxylic acids is 1. The Hall–Kier alpha value is 0.110. The van der Waals surface area contributed by atoms with Crippen molar-refractivity contribution in [2.45, 2.75) is 54.0 Å². The first-order valence-corrected chi connectivity index (χ1v) is 8.42. The second kappa shape index (κ2) is 5.00. The van der Waals surface area contributed by atoms with E-state index in [4.69, 9.17) is 8.92 Å². The summed E-state index contributed by atoms with van der Waals surface area (Å²) < 4.78 is 33.1. The van der Waals surface area contributed by atoms with Crippen LogP contribution in [0.5, 0.6) is 0 Å². The molecule has 0 amide bonds. The SMILES string of the molecule is CCC(I)C(=O)OC1CCC2CC1OS2(=O)=O. The molecule has 1 aliphatic heterocycles. The number of esters is 1. The molecule has 1 saturated carbocycles. The summed E-state index contributed by atoms with van der Waals surface area (Å²) in [5, 5.41) is -0.399. The second-order valence-electron chi connectivity index (χ2n) is 4.41. The van der Waals surface area contributed by atoms with E-state index < -0.39 is 27.6 Å². The molecule has 5 nitrogen and oxygen atoms in total. The topological polar surface area (TPSA) is 69.7 Å². The maximum absolute atomic E-state index is 11.6. The third-order valence-electron chi connectivity index (χ3n) is 3.23. The van der Waals surface area contributed by atoms with Gasteiger partial charge < -0.3 is 4.74 Å². The quantitative estimate of drug-likeness (QED) is 0.323. The highest BCUT2D eigenvalue weighted by molar-refractivity contribution is 14.1. The van der Waals surface area contributed by atoms with E-state index >= 15 is 0 Å². The van der Waals surface area contributed by atoms with Gasteiger partial charge in [-0.1, -0.05) is 29.5 Å². The summed E-state index contributed by atoms with van der Waals surface area (Å²) in [5.41, 5.74) is 0. The number of rotatable bonds is 3. The number of hydrogen-bond donors (Lipinski definition) is 0. The average molecular weight is 374 g/mol. The minimum Gasteiger partial charge on any atom is -0.459 e. The van der Waals surface area contributed by atoms with E-state index in [1.54, 1.807) is 0 Å². The monoisotopic (exact) mass is 374 g/mol. The lowest BCUT2D eigenvalue weighted by Gasteiger charge is -2.25. The molecule has 0 aromatic carbocycles. The van der Waals surface area contributed by atoms with Gasteiger partial charge >= 0.3 is 5.97 Å². The van der Waals surface area contributed by atoms with Crippen molar-refractivity contribution >= 4 is 38.7 Å². The van der Waals surface area contributed by atoms with E-state index in [0.717, 1.165) is 0 Å². The van der Waals surface area contributed by atoms with Gasteiger partial charge in [-0.25, -0.2) is 0 Å². The number of fused-ring (bicyclic) bond motifs is 2. The molecular weight excluding hydrogens is 359 g/mol. The largest absolute Gasteiger partial charge is 0.459 e. The van der Waals surface area contributed by atoms with Crippen molar-refractivity contribution in [3.05, 3.63) is 0 Å². The summed E-state index contributed by atoms with van der Waals surface area (Å²) in [6.07, 6.45) is 1.39. The number of halogens is 1. The lowest BCUT2D eigenvalue weighted by atomic mass is 9.94. The molecule has 0 spiro atoms. The van der Waals surface area contributed by atoms with Crippen molar-refractivity contribution < 1.29 is 22.1 Å². The van der Waals surface area contributed by atoms with Gasteiger partial charge in [-0.15, -0.1) is 0 Å². The Bertz CT molecular complexity index is 407. The fourth-order valence-corrected chi connectivity index (χ4v) is 3.90. The molecule has 2 bridgehead atoms. The van der Waals surface area contributed by atoms with Gasteiger partial charge in [0.2, 0.25) is 0 Å². The van der Waals surface area contributed by atoms with Crippen LogP contribution in [0.15, 0.2) is 0 Å². The highest BCUT2D eigenvalue weighted by Gasteiger charge is 2.48. The Balaban J connectivity index is 1.99. The molecule has 98 valence electrons. The highest BCUT2D eigenvalue weighted by Crippen LogP contribution is 2.37. The maximum atomic E-state index is 11.6. The predicted octanol–water partition coefficient (Wildman–Crippen LogP) is 1.39. The van der Waals surface area contributed by atoms with Gasteiger partial charge in [0.05, 0.1) is 5.25 Å². The number of hydrogen-bond acceptors (Lipinski definition) is 5. The van der Waals surface area contributed by atoms with Crippen molar-refractivity contribution in [2.24, 2.45) is 0 Å². The first-order chi connectivity index (χ1) is 7.94. The Morgan fingerprint density at radius 3 is 2.88 bits per heavy atom. The number of ether oxygens (including phenoxy) is 1. The Morgan fingerprint density at radius 2 is 2.24 bits per heavy atom. The molecule has 0 aromatic rings. The Kier molecular flexibility index (Phi) is 3.99. The minimum absolute atomic E-state index is 0.177. The van der Waals surface area contributed by atoms with E-state index in [1.165, 1.54) is 0 Å². The van der Waals surface area contributed by atoms with E-state index in [0.29, 0.717) is 25.7 Å². The van der Waals surface area contributed by atoms with Crippen LogP contribution in [-0.2, 0) is 23.8 Å². The summed E-state index contributed by atoms with van der Waals surface area (Å²) in [7, 11) is -3.41. The molecule has 1 heterocycles. The third kappa shape index (κ3) is 2.76. The molecule has 0 N–H and O–H groups in total. The van der Waals surface area contributed by atoms with Gasteiger partial charge in [0.25, 0.3) is 10.1 Å². The van der Waals surface area contributed by atoms with Crippen LogP contribution in [0.25, 0.3) is 0 Å². The van der Waals surface area contributed by atoms with Crippen molar-refractivity contribution in [3.63, 3.8) is 0 Å². The highest BCUT2D eigenvalue weighted by atomic mass is 127. The molecule has 2 rings (SSSR count). The van der Waals surface area contributed by atoms with Gasteiger partial charge in [0.15, 0.2) is 0 Å². The van der Waals surface area contributed by atoms with Crippen molar-refractivity contribution in [3.8, 4) is 0 Å². The van der Waals surface area contributed by atoms with Crippen LogP contribution in [0.3, 0.4) is 0 Å². The summed E-state index contributed by atoms with van der Waals surface area (Å²) in [4.78, 5) is 11.6. The average Bonchev–Trinajstić information content (AvgIpc) is 2.53. The fraction of sp³-hybridized carbons (Fsp3) is 0.900. The molecule has 2 aliphatic rings. The van der Waals surface area contributed by atoms with E-state index in [1.807, 2.05) is 29.5 Å². The summed E-state index contributed by atoms with van der Waals surface area (Å²) in [6.45, 7) is 1.91. The van der Waals surface area contributed by atoms with Crippen molar-refractivity contribution in [2.75, 3.05) is 0 Å². The van der Waals surface area contributed by atoms with Gasteiger partial charge in [-0.05, 0) is 25.7 Å². The zero-order valence-electron chi connectivity index (χ0n) is 9.47. The zero-order chi connectivity index (χ0) is 12.6. The Morgan fingerprint density at radius 1 is 1.53 bits per heavy atom. The standard InChI is InChI=1S/C10H15IO5S/c1-2-7(11)10(12)15-8-4-3-6-5-9(8)16-17(6,13)14/h6-9H,2-5H2,1H3. The zero-order valence-corrected chi connectivity index (χ0v) is 12.4. The smallest absolute Gasteiger partial charge is 0.319 e. The third-order valence-corrected chi connectivity index (χ3v) is 6.38. The summed E-state index contributed by atoms with van der Waals surface area (Å²) >= 11 is 2.03. The van der Waals surface area contributed by atoms with Gasteiger partial charge in [-0.3, -0.25) is 8.98 Å². The van der Waals surface area contributed by atoms with E-state index in [2.05, 4.69) is 0 Å². The number of alkyl halides is 1. The molecule has 0 radical (unpaired) electrons. The van der Waals surface area contributed by atoms with Gasteiger partial charge in [-0.2, -0.15) is 8.42 Å². The normalized spacial score (nSPS) is 36.5. The molecule has 17 heavy (non-hydrogen) atoms. The van der Waals surface area contributed by atoms with Gasteiger partial charge in [0.1, 0.15) is 16.1 Å². The molecule has 1 aliphatic carbocycles. The van der Waals surface area contributed by atoms with Crippen molar-refractivity contribution in [1.29, 1.82) is 0 Å². The fourth-order valence-electron chi connectivity index (χ4n) is 2.20. The lowest BCUT2D eigenvalue weighted by Crippen LogP contribution is -2.36. The summed E-state index contributed by atoms with van der Waals surface area (Å²) in [5.74, 6) is -0.274. The first-order valence-electron chi connectivity index (χ1n) is 5.70. The first kappa shape index (κ1) is 13.5. The maximum Gasteiger partial charge on any atom is 0.319 e. The predicted molar refractivity (Wildman–Crippen MR) is 69.4 cm³/mol. The molecule has 1 saturated heterocycles.